The van der Waals surface area contributed by atoms with Gasteiger partial charge in [0, 0.05) is 11.7 Å². The molecule has 2 N–H and O–H groups in total. The van der Waals surface area contributed by atoms with E-state index in [0.29, 0.717) is 6.26 Å². The third-order valence-corrected chi connectivity index (χ3v) is 2.45. The topological polar surface area (TPSA) is 62.5 Å². The second-order valence-corrected chi connectivity index (χ2v) is 3.46. The number of carbonyl (C=O) groups is 1. The molecule has 16 heavy (non-hydrogen) atoms. The zero-order valence-corrected chi connectivity index (χ0v) is 8.50. The molecule has 2 aromatic rings. The number of aliphatic hydroxyl groups excluding tert-OH is 1. The van der Waals surface area contributed by atoms with Crippen LogP contribution in [0.4, 0.5) is 0 Å². The Morgan fingerprint density at radius 1 is 1.31 bits per heavy atom. The van der Waals surface area contributed by atoms with Gasteiger partial charge in [-0.3, -0.25) is 0 Å². The van der Waals surface area contributed by atoms with Crippen molar-refractivity contribution >= 4 is 16.9 Å². The average Bonchev–Trinajstić information content (AvgIpc) is 2.69. The van der Waals surface area contributed by atoms with Gasteiger partial charge < -0.3 is 14.8 Å². The number of hydrogen-bond donors (Lipinski definition) is 2. The first-order valence-corrected chi connectivity index (χ1v) is 4.83. The molecule has 4 heteroatoms. The Hall–Kier alpha value is -2.23. The summed E-state index contributed by atoms with van der Waals surface area (Å²) in [5, 5.41) is 18.7. The number of carboxylic acids is 1. The molecule has 0 amide bonds. The Kier molecular flexibility index (Phi) is 2.64. The number of benzene rings is 1. The van der Waals surface area contributed by atoms with E-state index < -0.39 is 5.97 Å². The van der Waals surface area contributed by atoms with Gasteiger partial charge in [0.05, 0.1) is 18.4 Å². The number of fused-ring (bicyclic) bond motifs is 1. The van der Waals surface area contributed by atoms with Gasteiger partial charge in [-0.2, -0.15) is 0 Å². The van der Waals surface area contributed by atoms with E-state index in [4.69, 9.17) is 10.2 Å². The van der Waals surface area contributed by atoms with Crippen LogP contribution in [0.15, 0.2) is 48.4 Å². The van der Waals surface area contributed by atoms with Gasteiger partial charge in [0.2, 0.25) is 0 Å². The molecule has 0 aliphatic rings. The fourth-order valence-electron chi connectivity index (χ4n) is 1.63. The third kappa shape index (κ3) is 1.77. The molecule has 0 fully saturated rings. The molecule has 0 radical (unpaired) electrons. The largest absolute Gasteiger partial charge is 0.515 e. The average molecular weight is 217 g/mol. The second-order valence-electron chi connectivity index (χ2n) is 3.46. The van der Waals surface area contributed by atoms with E-state index >= 15 is 0 Å². The Labute approximate surface area is 92.1 Å². The quantitative estimate of drug-likeness (QED) is 0.611. The van der Waals surface area contributed by atoms with Crippen molar-refractivity contribution in [2.75, 3.05) is 0 Å². The van der Waals surface area contributed by atoms with Gasteiger partial charge in [-0.05, 0) is 17.5 Å². The smallest absolute Gasteiger partial charge is 0.336 e. The molecular formula is C12H11NO3. The van der Waals surface area contributed by atoms with Crippen LogP contribution in [0.2, 0.25) is 0 Å². The number of aliphatic carboxylic acids is 1. The highest BCUT2D eigenvalue weighted by molar-refractivity contribution is 5.87. The number of aliphatic hydroxyl groups is 1. The first-order chi connectivity index (χ1) is 7.72. The summed E-state index contributed by atoms with van der Waals surface area (Å²) < 4.78 is 1.78. The number of aromatic nitrogens is 1. The van der Waals surface area contributed by atoms with Crippen LogP contribution in [0, 0.1) is 0 Å². The molecule has 2 rings (SSSR count). The molecule has 0 aliphatic carbocycles. The molecule has 0 bridgehead atoms. The van der Waals surface area contributed by atoms with Crippen LogP contribution in [0.25, 0.3) is 10.9 Å². The van der Waals surface area contributed by atoms with Crippen LogP contribution >= 0.6 is 0 Å². The predicted octanol–water partition coefficient (Wildman–Crippen LogP) is 2.17. The number of nitrogens with zero attached hydrogens (tertiary/aromatic N) is 1. The molecule has 0 aliphatic heterocycles. The fraction of sp³-hybridized carbons (Fsp3) is 0.0833. The zero-order chi connectivity index (χ0) is 11.5. The highest BCUT2D eigenvalue weighted by Crippen LogP contribution is 2.16. The van der Waals surface area contributed by atoms with Crippen LogP contribution in [-0.2, 0) is 11.3 Å². The lowest BCUT2D eigenvalue weighted by atomic mass is 10.2. The minimum absolute atomic E-state index is 0.0404. The van der Waals surface area contributed by atoms with Crippen molar-refractivity contribution in [2.45, 2.75) is 6.54 Å². The lowest BCUT2D eigenvalue weighted by molar-refractivity contribution is -0.133. The summed E-state index contributed by atoms with van der Waals surface area (Å²) >= 11 is 0. The summed E-state index contributed by atoms with van der Waals surface area (Å²) in [7, 11) is 0. The Morgan fingerprint density at radius 3 is 2.75 bits per heavy atom. The molecule has 0 unspecified atom stereocenters. The van der Waals surface area contributed by atoms with Crippen molar-refractivity contribution in [3.63, 3.8) is 0 Å². The van der Waals surface area contributed by atoms with Crippen LogP contribution in [0.1, 0.15) is 0 Å². The molecule has 4 nitrogen and oxygen atoms in total. The van der Waals surface area contributed by atoms with Crippen LogP contribution in [0.3, 0.4) is 0 Å². The fourth-order valence-corrected chi connectivity index (χ4v) is 1.63. The van der Waals surface area contributed by atoms with Crippen LogP contribution < -0.4 is 0 Å². The monoisotopic (exact) mass is 217 g/mol. The van der Waals surface area contributed by atoms with Crippen LogP contribution in [0.5, 0.6) is 0 Å². The molecular weight excluding hydrogens is 206 g/mol. The van der Waals surface area contributed by atoms with Crippen molar-refractivity contribution in [3.8, 4) is 0 Å². The number of rotatable bonds is 3. The molecule has 1 heterocycles. The van der Waals surface area contributed by atoms with Gasteiger partial charge in [-0.1, -0.05) is 18.2 Å². The highest BCUT2D eigenvalue weighted by Gasteiger charge is 2.09. The summed E-state index contributed by atoms with van der Waals surface area (Å²) in [5.74, 6) is -1.11. The SMILES string of the molecule is O=C(O)/C(=C\O)Cn1ccc2ccccc21. The lowest BCUT2D eigenvalue weighted by Crippen LogP contribution is -2.08. The van der Waals surface area contributed by atoms with Gasteiger partial charge in [-0.15, -0.1) is 0 Å². The maximum Gasteiger partial charge on any atom is 0.336 e. The molecule has 0 atom stereocenters. The standard InChI is InChI=1S/C12H11NO3/c14-8-10(12(15)16)7-13-6-5-9-3-1-2-4-11(9)13/h1-6,8,14H,7H2,(H,15,16)/b10-8-. The van der Waals surface area contributed by atoms with Gasteiger partial charge in [-0.25, -0.2) is 4.79 Å². The maximum atomic E-state index is 10.8. The van der Waals surface area contributed by atoms with Crippen molar-refractivity contribution in [2.24, 2.45) is 0 Å². The molecule has 82 valence electrons. The summed E-state index contributed by atoms with van der Waals surface area (Å²) in [6.45, 7) is 0.152. The number of hydrogen-bond acceptors (Lipinski definition) is 2. The lowest BCUT2D eigenvalue weighted by Gasteiger charge is -2.04. The maximum absolute atomic E-state index is 10.8. The molecule has 0 saturated carbocycles. The molecule has 1 aromatic heterocycles. The Balaban J connectivity index is 2.38. The van der Waals surface area contributed by atoms with Gasteiger partial charge in [0.15, 0.2) is 0 Å². The van der Waals surface area contributed by atoms with E-state index in [1.165, 1.54) is 0 Å². The first-order valence-electron chi connectivity index (χ1n) is 4.83. The van der Waals surface area contributed by atoms with Crippen molar-refractivity contribution in [3.05, 3.63) is 48.4 Å². The Morgan fingerprint density at radius 2 is 2.06 bits per heavy atom. The summed E-state index contributed by atoms with van der Waals surface area (Å²) in [5.41, 5.74) is 0.907. The second kappa shape index (κ2) is 4.10. The summed E-state index contributed by atoms with van der Waals surface area (Å²) in [6.07, 6.45) is 2.44. The summed E-state index contributed by atoms with van der Waals surface area (Å²) in [4.78, 5) is 10.8. The van der Waals surface area contributed by atoms with E-state index in [0.717, 1.165) is 10.9 Å². The molecule has 1 aromatic carbocycles. The highest BCUT2D eigenvalue weighted by atomic mass is 16.4. The van der Waals surface area contributed by atoms with E-state index in [2.05, 4.69) is 0 Å². The minimum Gasteiger partial charge on any atom is -0.515 e. The van der Waals surface area contributed by atoms with Crippen molar-refractivity contribution in [1.29, 1.82) is 0 Å². The number of carboxylic acid groups (broad SMARTS) is 1. The normalized spacial score (nSPS) is 11.9. The zero-order valence-electron chi connectivity index (χ0n) is 8.50. The van der Waals surface area contributed by atoms with E-state index in [9.17, 15) is 4.79 Å². The van der Waals surface area contributed by atoms with Gasteiger partial charge >= 0.3 is 5.97 Å². The van der Waals surface area contributed by atoms with Crippen LogP contribution in [-0.4, -0.2) is 20.7 Å². The minimum atomic E-state index is -1.11. The first kappa shape index (κ1) is 10.3. The summed E-state index contributed by atoms with van der Waals surface area (Å²) in [6, 6.07) is 9.59. The van der Waals surface area contributed by atoms with Gasteiger partial charge in [0.25, 0.3) is 0 Å². The van der Waals surface area contributed by atoms with E-state index in [-0.39, 0.29) is 12.1 Å². The van der Waals surface area contributed by atoms with E-state index in [1.807, 2.05) is 30.3 Å². The number of para-hydroxylation sites is 1. The third-order valence-electron chi connectivity index (χ3n) is 2.45. The van der Waals surface area contributed by atoms with Crippen molar-refractivity contribution < 1.29 is 15.0 Å². The Bertz CT molecular complexity index is 554. The van der Waals surface area contributed by atoms with E-state index in [1.54, 1.807) is 10.8 Å². The molecule has 0 saturated heterocycles. The molecule has 0 spiro atoms. The van der Waals surface area contributed by atoms with Crippen molar-refractivity contribution in [1.82, 2.24) is 4.57 Å². The van der Waals surface area contributed by atoms with Gasteiger partial charge in [0.1, 0.15) is 0 Å². The predicted molar refractivity (Wildman–Crippen MR) is 60.3 cm³/mol.